The number of sulfonamides is 1. The van der Waals surface area contributed by atoms with Crippen LogP contribution in [0.2, 0.25) is 0 Å². The highest BCUT2D eigenvalue weighted by molar-refractivity contribution is 7.89. The summed E-state index contributed by atoms with van der Waals surface area (Å²) in [6.45, 7) is 2.57. The summed E-state index contributed by atoms with van der Waals surface area (Å²) in [4.78, 5) is 31.8. The van der Waals surface area contributed by atoms with Gasteiger partial charge in [0.25, 0.3) is 5.69 Å². The van der Waals surface area contributed by atoms with Gasteiger partial charge in [-0.3, -0.25) is 19.9 Å². The van der Waals surface area contributed by atoms with E-state index in [0.29, 0.717) is 51.1 Å². The van der Waals surface area contributed by atoms with E-state index >= 15 is 0 Å². The average molecular weight is 528 g/mol. The molecule has 10 nitrogen and oxygen atoms in total. The number of benzene rings is 2. The van der Waals surface area contributed by atoms with Gasteiger partial charge in [0.15, 0.2) is 0 Å². The van der Waals surface area contributed by atoms with E-state index in [1.54, 1.807) is 17.2 Å². The lowest BCUT2D eigenvalue weighted by atomic mass is 9.97. The predicted octanol–water partition coefficient (Wildman–Crippen LogP) is 3.03. The van der Waals surface area contributed by atoms with Crippen molar-refractivity contribution in [2.45, 2.75) is 17.7 Å². The van der Waals surface area contributed by atoms with E-state index in [-0.39, 0.29) is 28.9 Å². The SMILES string of the molecule is O=C(C1CCCN(S(=O)(=O)c2ccc([N+](=O)[O-])cc2)C1)N1CCN(c2ccnc3cc(F)ccc23)CC1. The van der Waals surface area contributed by atoms with Crippen molar-refractivity contribution >= 4 is 38.2 Å². The van der Waals surface area contributed by atoms with Crippen LogP contribution in [0.3, 0.4) is 0 Å². The quantitative estimate of drug-likeness (QED) is 0.370. The Labute approximate surface area is 213 Å². The van der Waals surface area contributed by atoms with Crippen LogP contribution in [0, 0.1) is 21.8 Å². The van der Waals surface area contributed by atoms with Gasteiger partial charge in [-0.15, -0.1) is 0 Å². The topological polar surface area (TPSA) is 117 Å². The molecule has 2 aromatic carbocycles. The van der Waals surface area contributed by atoms with E-state index in [1.807, 2.05) is 6.07 Å². The number of aromatic nitrogens is 1. The summed E-state index contributed by atoms with van der Waals surface area (Å²) in [7, 11) is -3.87. The van der Waals surface area contributed by atoms with Gasteiger partial charge < -0.3 is 9.80 Å². The highest BCUT2D eigenvalue weighted by Crippen LogP contribution is 2.29. The fourth-order valence-corrected chi connectivity index (χ4v) is 6.58. The van der Waals surface area contributed by atoms with Crippen LogP contribution < -0.4 is 4.90 Å². The highest BCUT2D eigenvalue weighted by Gasteiger charge is 2.36. The number of nitrogens with zero attached hydrogens (tertiary/aromatic N) is 5. The van der Waals surface area contributed by atoms with Gasteiger partial charge in [-0.05, 0) is 43.2 Å². The van der Waals surface area contributed by atoms with Crippen LogP contribution in [0.5, 0.6) is 0 Å². The number of hydrogen-bond donors (Lipinski definition) is 0. The number of halogens is 1. The summed E-state index contributed by atoms with van der Waals surface area (Å²) in [5.41, 5.74) is 1.33. The third-order valence-electron chi connectivity index (χ3n) is 7.03. The molecule has 194 valence electrons. The van der Waals surface area contributed by atoms with Gasteiger partial charge in [0, 0.05) is 74.7 Å². The van der Waals surface area contributed by atoms with E-state index in [9.17, 15) is 27.7 Å². The number of non-ortho nitro benzene ring substituents is 1. The average Bonchev–Trinajstić information content (AvgIpc) is 2.92. The molecule has 3 heterocycles. The van der Waals surface area contributed by atoms with Gasteiger partial charge in [0.05, 0.1) is 21.3 Å². The number of piperidine rings is 1. The Hall–Kier alpha value is -3.64. The number of hydrogen-bond acceptors (Lipinski definition) is 7. The number of pyridine rings is 1. The summed E-state index contributed by atoms with van der Waals surface area (Å²) in [6, 6.07) is 11.2. The number of amides is 1. The van der Waals surface area contributed by atoms with Crippen molar-refractivity contribution in [2.24, 2.45) is 5.92 Å². The van der Waals surface area contributed by atoms with E-state index in [0.717, 1.165) is 11.1 Å². The first-order chi connectivity index (χ1) is 17.7. The van der Waals surface area contributed by atoms with Crippen molar-refractivity contribution in [3.8, 4) is 0 Å². The number of anilines is 1. The fourth-order valence-electron chi connectivity index (χ4n) is 5.06. The number of nitro groups is 1. The minimum atomic E-state index is -3.87. The van der Waals surface area contributed by atoms with Gasteiger partial charge in [-0.25, -0.2) is 12.8 Å². The fraction of sp³-hybridized carbons (Fsp3) is 0.360. The van der Waals surface area contributed by atoms with Crippen molar-refractivity contribution in [3.63, 3.8) is 0 Å². The zero-order chi connectivity index (χ0) is 26.2. The molecule has 0 radical (unpaired) electrons. The molecule has 0 spiro atoms. The molecule has 2 aliphatic rings. The van der Waals surface area contributed by atoms with Crippen LogP contribution in [0.1, 0.15) is 12.8 Å². The van der Waals surface area contributed by atoms with Crippen LogP contribution in [0.25, 0.3) is 10.9 Å². The summed E-state index contributed by atoms with van der Waals surface area (Å²) < 4.78 is 41.2. The second-order valence-corrected chi connectivity index (χ2v) is 11.2. The molecule has 0 bridgehead atoms. The third-order valence-corrected chi connectivity index (χ3v) is 8.91. The monoisotopic (exact) mass is 527 g/mol. The maximum Gasteiger partial charge on any atom is 0.269 e. The molecule has 2 fully saturated rings. The van der Waals surface area contributed by atoms with Crippen molar-refractivity contribution in [2.75, 3.05) is 44.2 Å². The summed E-state index contributed by atoms with van der Waals surface area (Å²) in [6.07, 6.45) is 2.81. The van der Waals surface area contributed by atoms with Gasteiger partial charge in [-0.1, -0.05) is 0 Å². The van der Waals surface area contributed by atoms with E-state index in [4.69, 9.17) is 0 Å². The van der Waals surface area contributed by atoms with Crippen LogP contribution in [-0.4, -0.2) is 72.7 Å². The smallest absolute Gasteiger partial charge is 0.269 e. The first-order valence-corrected chi connectivity index (χ1v) is 13.5. The van der Waals surface area contributed by atoms with Gasteiger partial charge in [0.2, 0.25) is 15.9 Å². The van der Waals surface area contributed by atoms with Crippen molar-refractivity contribution < 1.29 is 22.5 Å². The molecule has 1 amide bonds. The Kier molecular flexibility index (Phi) is 6.78. The Bertz CT molecular complexity index is 1440. The standard InChI is InChI=1S/C25H26FN5O5S/c26-19-3-8-22-23(16-19)27-10-9-24(22)28-12-14-29(15-13-28)25(32)18-2-1-11-30(17-18)37(35,36)21-6-4-20(5-7-21)31(33)34/h3-10,16,18H,1-2,11-15,17H2. The molecule has 5 rings (SSSR count). The van der Waals surface area contributed by atoms with Crippen molar-refractivity contribution in [1.82, 2.24) is 14.2 Å². The molecular weight excluding hydrogens is 501 g/mol. The molecule has 1 aromatic heterocycles. The number of rotatable bonds is 5. The zero-order valence-corrected chi connectivity index (χ0v) is 20.8. The molecule has 12 heteroatoms. The first-order valence-electron chi connectivity index (χ1n) is 12.1. The van der Waals surface area contributed by atoms with Gasteiger partial charge in [0.1, 0.15) is 5.82 Å². The molecule has 37 heavy (non-hydrogen) atoms. The predicted molar refractivity (Wildman–Crippen MR) is 135 cm³/mol. The normalized spacial score (nSPS) is 19.2. The molecule has 3 aromatic rings. The lowest BCUT2D eigenvalue weighted by Gasteiger charge is -2.39. The van der Waals surface area contributed by atoms with Gasteiger partial charge >= 0.3 is 0 Å². The highest BCUT2D eigenvalue weighted by atomic mass is 32.2. The Morgan fingerprint density at radius 1 is 1.03 bits per heavy atom. The van der Waals surface area contributed by atoms with E-state index < -0.39 is 20.9 Å². The number of carbonyl (C=O) groups excluding carboxylic acids is 1. The maximum absolute atomic E-state index is 13.6. The summed E-state index contributed by atoms with van der Waals surface area (Å²) in [5, 5.41) is 11.7. The number of piperazine rings is 1. The zero-order valence-electron chi connectivity index (χ0n) is 20.0. The number of fused-ring (bicyclic) bond motifs is 1. The Morgan fingerprint density at radius 3 is 2.46 bits per heavy atom. The van der Waals surface area contributed by atoms with Crippen molar-refractivity contribution in [1.29, 1.82) is 0 Å². The maximum atomic E-state index is 13.6. The molecule has 0 aliphatic carbocycles. The molecule has 2 saturated heterocycles. The lowest BCUT2D eigenvalue weighted by Crippen LogP contribution is -2.53. The molecule has 0 N–H and O–H groups in total. The van der Waals surface area contributed by atoms with Crippen LogP contribution in [0.4, 0.5) is 15.8 Å². The second-order valence-electron chi connectivity index (χ2n) is 9.26. The largest absolute Gasteiger partial charge is 0.367 e. The number of carbonyl (C=O) groups is 1. The Balaban J connectivity index is 1.24. The van der Waals surface area contributed by atoms with Crippen LogP contribution in [0.15, 0.2) is 59.6 Å². The van der Waals surface area contributed by atoms with E-state index in [2.05, 4.69) is 9.88 Å². The van der Waals surface area contributed by atoms with Gasteiger partial charge in [-0.2, -0.15) is 4.31 Å². The van der Waals surface area contributed by atoms with Crippen molar-refractivity contribution in [3.05, 3.63) is 70.7 Å². The Morgan fingerprint density at radius 2 is 1.76 bits per heavy atom. The second kappa shape index (κ2) is 10.0. The minimum Gasteiger partial charge on any atom is -0.367 e. The molecular formula is C25H26FN5O5S. The molecule has 2 aliphatic heterocycles. The van der Waals surface area contributed by atoms with E-state index in [1.165, 1.54) is 40.7 Å². The summed E-state index contributed by atoms with van der Waals surface area (Å²) >= 11 is 0. The van der Waals surface area contributed by atoms with Crippen LogP contribution >= 0.6 is 0 Å². The van der Waals surface area contributed by atoms with Crippen LogP contribution in [-0.2, 0) is 14.8 Å². The molecule has 0 saturated carbocycles. The lowest BCUT2D eigenvalue weighted by molar-refractivity contribution is -0.384. The molecule has 1 atom stereocenters. The summed E-state index contributed by atoms with van der Waals surface area (Å²) in [5.74, 6) is -0.854. The number of nitro benzene ring substituents is 1. The molecule has 1 unspecified atom stereocenters. The third kappa shape index (κ3) is 4.98. The minimum absolute atomic E-state index is 0.0238. The first kappa shape index (κ1) is 25.0.